The molecule has 1 unspecified atom stereocenters. The fraction of sp³-hybridized carbons (Fsp3) is 1.00. The summed E-state index contributed by atoms with van der Waals surface area (Å²) >= 11 is 0. The molecule has 1 aliphatic rings. The van der Waals surface area contributed by atoms with Crippen LogP contribution in [0.5, 0.6) is 0 Å². The molecule has 0 aromatic heterocycles. The Bertz CT molecular complexity index is 365. The van der Waals surface area contributed by atoms with Gasteiger partial charge in [-0.2, -0.15) is 0 Å². The lowest BCUT2D eigenvalue weighted by Crippen LogP contribution is -2.60. The van der Waals surface area contributed by atoms with Crippen molar-refractivity contribution in [3.05, 3.63) is 0 Å². The molecule has 1 N–H and O–H groups in total. The minimum Gasteiger partial charge on any atom is -0.309 e. The zero-order chi connectivity index (χ0) is 13.3. The van der Waals surface area contributed by atoms with Gasteiger partial charge in [-0.15, -0.1) is 0 Å². The van der Waals surface area contributed by atoms with E-state index in [9.17, 15) is 8.42 Å². The highest BCUT2D eigenvalue weighted by Crippen LogP contribution is 2.21. The van der Waals surface area contributed by atoms with Crippen LogP contribution in [-0.4, -0.2) is 56.0 Å². The van der Waals surface area contributed by atoms with Crippen molar-refractivity contribution < 1.29 is 8.42 Å². The average Bonchev–Trinajstić information content (AvgIpc) is 2.15. The molecule has 1 fully saturated rings. The van der Waals surface area contributed by atoms with Crippen molar-refractivity contribution in [3.8, 4) is 0 Å². The van der Waals surface area contributed by atoms with Crippen LogP contribution in [0.25, 0.3) is 0 Å². The van der Waals surface area contributed by atoms with Gasteiger partial charge in [-0.25, -0.2) is 8.42 Å². The molecule has 1 aliphatic heterocycles. The smallest absolute Gasteiger partial charge is 0.153 e. The molecule has 0 saturated carbocycles. The highest BCUT2D eigenvalue weighted by molar-refractivity contribution is 7.92. The van der Waals surface area contributed by atoms with Crippen LogP contribution in [0.1, 0.15) is 34.1 Å². The van der Waals surface area contributed by atoms with Crippen molar-refractivity contribution in [2.24, 2.45) is 0 Å². The molecular formula is C12H26N2O2S. The van der Waals surface area contributed by atoms with E-state index in [1.54, 1.807) is 0 Å². The molecule has 0 radical (unpaired) electrons. The SMILES string of the molecule is CCC1(C)CN(CC(C)(C)S(C)(=O)=O)CCN1. The van der Waals surface area contributed by atoms with E-state index < -0.39 is 14.6 Å². The minimum absolute atomic E-state index is 0.117. The molecule has 0 spiro atoms. The summed E-state index contributed by atoms with van der Waals surface area (Å²) in [5.74, 6) is 0. The predicted molar refractivity (Wildman–Crippen MR) is 72.1 cm³/mol. The fourth-order valence-electron chi connectivity index (χ4n) is 2.17. The lowest BCUT2D eigenvalue weighted by molar-refractivity contribution is 0.131. The van der Waals surface area contributed by atoms with Gasteiger partial charge in [0.1, 0.15) is 0 Å². The monoisotopic (exact) mass is 262 g/mol. The summed E-state index contributed by atoms with van der Waals surface area (Å²) in [5, 5.41) is 3.51. The zero-order valence-electron chi connectivity index (χ0n) is 11.7. The van der Waals surface area contributed by atoms with Crippen molar-refractivity contribution in [2.45, 2.75) is 44.4 Å². The van der Waals surface area contributed by atoms with Crippen LogP contribution >= 0.6 is 0 Å². The number of hydrogen-bond donors (Lipinski definition) is 1. The molecular weight excluding hydrogens is 236 g/mol. The number of piperazine rings is 1. The highest BCUT2D eigenvalue weighted by Gasteiger charge is 2.36. The summed E-state index contributed by atoms with van der Waals surface area (Å²) in [7, 11) is -3.01. The maximum Gasteiger partial charge on any atom is 0.153 e. The number of hydrogen-bond acceptors (Lipinski definition) is 4. The van der Waals surface area contributed by atoms with E-state index in [1.165, 1.54) is 6.26 Å². The van der Waals surface area contributed by atoms with Gasteiger partial charge in [0, 0.05) is 38.0 Å². The van der Waals surface area contributed by atoms with Crippen molar-refractivity contribution in [1.29, 1.82) is 0 Å². The number of rotatable bonds is 4. The van der Waals surface area contributed by atoms with Crippen molar-refractivity contribution in [1.82, 2.24) is 10.2 Å². The Morgan fingerprint density at radius 3 is 2.47 bits per heavy atom. The first-order valence-electron chi connectivity index (χ1n) is 6.27. The van der Waals surface area contributed by atoms with Gasteiger partial charge < -0.3 is 5.32 Å². The second kappa shape index (κ2) is 4.86. The largest absolute Gasteiger partial charge is 0.309 e. The second-order valence-electron chi connectivity index (χ2n) is 6.08. The maximum absolute atomic E-state index is 11.7. The van der Waals surface area contributed by atoms with E-state index in [0.29, 0.717) is 6.54 Å². The summed E-state index contributed by atoms with van der Waals surface area (Å²) in [6, 6.07) is 0. The molecule has 1 atom stereocenters. The van der Waals surface area contributed by atoms with Crippen molar-refractivity contribution in [3.63, 3.8) is 0 Å². The summed E-state index contributed by atoms with van der Waals surface area (Å²) in [5.41, 5.74) is 0.117. The Morgan fingerprint density at radius 2 is 2.00 bits per heavy atom. The Morgan fingerprint density at radius 1 is 1.41 bits per heavy atom. The predicted octanol–water partition coefficient (Wildman–Crippen LogP) is 0.884. The van der Waals surface area contributed by atoms with E-state index in [2.05, 4.69) is 24.1 Å². The van der Waals surface area contributed by atoms with Crippen LogP contribution in [0.2, 0.25) is 0 Å². The van der Waals surface area contributed by atoms with Gasteiger partial charge >= 0.3 is 0 Å². The van der Waals surface area contributed by atoms with Gasteiger partial charge in [-0.1, -0.05) is 6.92 Å². The molecule has 1 rings (SSSR count). The third kappa shape index (κ3) is 3.66. The van der Waals surface area contributed by atoms with Gasteiger partial charge in [0.05, 0.1) is 4.75 Å². The molecule has 5 heteroatoms. The van der Waals surface area contributed by atoms with E-state index in [1.807, 2.05) is 13.8 Å². The quantitative estimate of drug-likeness (QED) is 0.817. The Balaban J connectivity index is 2.70. The van der Waals surface area contributed by atoms with E-state index in [0.717, 1.165) is 26.1 Å². The molecule has 0 aliphatic carbocycles. The first-order valence-corrected chi connectivity index (χ1v) is 8.16. The fourth-order valence-corrected chi connectivity index (χ4v) is 2.59. The second-order valence-corrected chi connectivity index (χ2v) is 8.73. The summed E-state index contributed by atoms with van der Waals surface area (Å²) in [4.78, 5) is 2.26. The topological polar surface area (TPSA) is 49.4 Å². The van der Waals surface area contributed by atoms with Gasteiger partial charge in [0.25, 0.3) is 0 Å². The molecule has 0 bridgehead atoms. The van der Waals surface area contributed by atoms with Crippen LogP contribution < -0.4 is 5.32 Å². The number of sulfone groups is 1. The van der Waals surface area contributed by atoms with Crippen molar-refractivity contribution >= 4 is 9.84 Å². The molecule has 102 valence electrons. The zero-order valence-corrected chi connectivity index (χ0v) is 12.5. The normalized spacial score (nSPS) is 28.3. The molecule has 0 aromatic rings. The van der Waals surface area contributed by atoms with Gasteiger partial charge in [-0.05, 0) is 27.2 Å². The molecule has 17 heavy (non-hydrogen) atoms. The molecule has 0 amide bonds. The molecule has 0 aromatic carbocycles. The third-order valence-electron chi connectivity index (χ3n) is 3.94. The van der Waals surface area contributed by atoms with Crippen molar-refractivity contribution in [2.75, 3.05) is 32.4 Å². The Hall–Kier alpha value is -0.130. The van der Waals surface area contributed by atoms with Crippen LogP contribution in [-0.2, 0) is 9.84 Å². The van der Waals surface area contributed by atoms with Crippen LogP contribution in [0, 0.1) is 0 Å². The number of nitrogens with zero attached hydrogens (tertiary/aromatic N) is 1. The first-order chi connectivity index (χ1) is 7.60. The van der Waals surface area contributed by atoms with Gasteiger partial charge in [-0.3, -0.25) is 4.90 Å². The molecule has 1 saturated heterocycles. The van der Waals surface area contributed by atoms with E-state index in [4.69, 9.17) is 0 Å². The van der Waals surface area contributed by atoms with Crippen LogP contribution in [0.4, 0.5) is 0 Å². The lowest BCUT2D eigenvalue weighted by Gasteiger charge is -2.43. The minimum atomic E-state index is -3.01. The summed E-state index contributed by atoms with van der Waals surface area (Å²) in [6.07, 6.45) is 2.39. The van der Waals surface area contributed by atoms with Crippen LogP contribution in [0.15, 0.2) is 0 Å². The van der Waals surface area contributed by atoms with E-state index in [-0.39, 0.29) is 5.54 Å². The first kappa shape index (κ1) is 14.9. The molecule has 1 heterocycles. The van der Waals surface area contributed by atoms with Gasteiger partial charge in [0.2, 0.25) is 0 Å². The third-order valence-corrected chi connectivity index (χ3v) is 6.08. The lowest BCUT2D eigenvalue weighted by atomic mass is 9.95. The standard InChI is InChI=1S/C12H26N2O2S/c1-6-12(4)10-14(8-7-13-12)9-11(2,3)17(5,15)16/h13H,6-10H2,1-5H3. The molecule has 4 nitrogen and oxygen atoms in total. The highest BCUT2D eigenvalue weighted by atomic mass is 32.2. The Kier molecular flexibility index (Phi) is 4.27. The van der Waals surface area contributed by atoms with Gasteiger partial charge in [0.15, 0.2) is 9.84 Å². The van der Waals surface area contributed by atoms with Crippen LogP contribution in [0.3, 0.4) is 0 Å². The maximum atomic E-state index is 11.7. The average molecular weight is 262 g/mol. The summed E-state index contributed by atoms with van der Waals surface area (Å²) in [6.45, 7) is 11.4. The summed E-state index contributed by atoms with van der Waals surface area (Å²) < 4.78 is 22.8. The van der Waals surface area contributed by atoms with E-state index >= 15 is 0 Å². The Labute approximate surface area is 106 Å². The number of nitrogens with one attached hydrogen (secondary N) is 1.